The predicted molar refractivity (Wildman–Crippen MR) is 97.3 cm³/mol. The van der Waals surface area contributed by atoms with Gasteiger partial charge in [0.15, 0.2) is 6.10 Å². The van der Waals surface area contributed by atoms with Crippen molar-refractivity contribution < 1.29 is 22.7 Å². The molecule has 3 N–H and O–H groups in total. The van der Waals surface area contributed by atoms with E-state index in [1.807, 2.05) is 0 Å². The quantitative estimate of drug-likeness (QED) is 0.562. The molecule has 0 aliphatic heterocycles. The highest BCUT2D eigenvalue weighted by atomic mass is 32.2. The van der Waals surface area contributed by atoms with E-state index in [0.29, 0.717) is 10.7 Å². The first-order valence-electron chi connectivity index (χ1n) is 7.36. The van der Waals surface area contributed by atoms with Crippen LogP contribution in [0.3, 0.4) is 0 Å². The number of nitrogens with two attached hydrogens (primary N) is 1. The van der Waals surface area contributed by atoms with Crippen LogP contribution in [-0.4, -0.2) is 37.6 Å². The molecule has 0 fully saturated rings. The van der Waals surface area contributed by atoms with Gasteiger partial charge in [-0.15, -0.1) is 11.8 Å². The molecular formula is C16H17N3O5S2. The van der Waals surface area contributed by atoms with Gasteiger partial charge in [0, 0.05) is 11.9 Å². The molecule has 1 aromatic heterocycles. The van der Waals surface area contributed by atoms with Crippen LogP contribution in [0.5, 0.6) is 0 Å². The van der Waals surface area contributed by atoms with Crippen molar-refractivity contribution in [2.75, 3.05) is 11.6 Å². The zero-order valence-corrected chi connectivity index (χ0v) is 15.6. The van der Waals surface area contributed by atoms with Gasteiger partial charge in [0.2, 0.25) is 10.0 Å². The molecule has 2 aromatic rings. The Balaban J connectivity index is 2.02. The molecule has 26 heavy (non-hydrogen) atoms. The van der Waals surface area contributed by atoms with Crippen molar-refractivity contribution in [2.24, 2.45) is 5.14 Å². The van der Waals surface area contributed by atoms with Gasteiger partial charge in [-0.2, -0.15) is 0 Å². The third-order valence-corrected chi connectivity index (χ3v) is 4.93. The minimum atomic E-state index is -3.81. The van der Waals surface area contributed by atoms with Crippen LogP contribution in [0.2, 0.25) is 0 Å². The second-order valence-electron chi connectivity index (χ2n) is 5.17. The molecule has 0 bridgehead atoms. The number of aromatic nitrogens is 1. The molecule has 1 heterocycles. The van der Waals surface area contributed by atoms with Gasteiger partial charge in [-0.05, 0) is 49.6 Å². The summed E-state index contributed by atoms with van der Waals surface area (Å²) < 4.78 is 27.6. The maximum Gasteiger partial charge on any atom is 0.341 e. The van der Waals surface area contributed by atoms with Crippen LogP contribution in [0.25, 0.3) is 0 Å². The van der Waals surface area contributed by atoms with Crippen molar-refractivity contribution in [1.29, 1.82) is 0 Å². The molecule has 138 valence electrons. The van der Waals surface area contributed by atoms with Crippen molar-refractivity contribution in [3.8, 4) is 0 Å². The number of carbonyl (C=O) groups excluding carboxylic acids is 2. The molecule has 2 rings (SSSR count). The smallest absolute Gasteiger partial charge is 0.341 e. The number of hydrogen-bond acceptors (Lipinski definition) is 7. The Morgan fingerprint density at radius 3 is 2.46 bits per heavy atom. The summed E-state index contributed by atoms with van der Waals surface area (Å²) in [5.41, 5.74) is 0.619. The second-order valence-corrected chi connectivity index (χ2v) is 7.52. The Kier molecular flexibility index (Phi) is 6.35. The van der Waals surface area contributed by atoms with Crippen LogP contribution in [-0.2, 0) is 19.6 Å². The molecule has 1 aromatic carbocycles. The molecule has 1 atom stereocenters. The van der Waals surface area contributed by atoms with Crippen LogP contribution in [0, 0.1) is 0 Å². The standard InChI is InChI=1S/C16H17N3O5S2/c1-10(24-16(21)13-4-3-9-18-15(13)25-2)14(20)19-11-5-7-12(8-6-11)26(17,22)23/h3-10H,1-2H3,(H,19,20)(H2,17,22,23)/t10-/m0/s1. The lowest BCUT2D eigenvalue weighted by Gasteiger charge is -2.14. The fourth-order valence-electron chi connectivity index (χ4n) is 1.96. The summed E-state index contributed by atoms with van der Waals surface area (Å²) in [5.74, 6) is -1.22. The monoisotopic (exact) mass is 395 g/mol. The number of nitrogens with one attached hydrogen (secondary N) is 1. The molecule has 0 saturated heterocycles. The van der Waals surface area contributed by atoms with Crippen molar-refractivity contribution >= 4 is 39.3 Å². The number of amides is 1. The average molecular weight is 395 g/mol. The topological polar surface area (TPSA) is 128 Å². The molecule has 10 heteroatoms. The number of carbonyl (C=O) groups is 2. The molecule has 1 amide bonds. The number of ether oxygens (including phenoxy) is 1. The summed E-state index contributed by atoms with van der Waals surface area (Å²) in [7, 11) is -3.81. The van der Waals surface area contributed by atoms with E-state index >= 15 is 0 Å². The maximum atomic E-state index is 12.2. The molecule has 0 aliphatic rings. The SMILES string of the molecule is CSc1ncccc1C(=O)O[C@@H](C)C(=O)Nc1ccc(S(N)(=O)=O)cc1. The highest BCUT2D eigenvalue weighted by molar-refractivity contribution is 7.98. The Labute approximate surface area is 155 Å². The summed E-state index contributed by atoms with van der Waals surface area (Å²) in [4.78, 5) is 28.4. The summed E-state index contributed by atoms with van der Waals surface area (Å²) >= 11 is 1.29. The zero-order chi connectivity index (χ0) is 19.3. The molecule has 0 saturated carbocycles. The number of anilines is 1. The van der Waals surface area contributed by atoms with Crippen molar-refractivity contribution in [1.82, 2.24) is 4.98 Å². The largest absolute Gasteiger partial charge is 0.449 e. The number of esters is 1. The van der Waals surface area contributed by atoms with E-state index < -0.39 is 28.0 Å². The van der Waals surface area contributed by atoms with Crippen LogP contribution < -0.4 is 10.5 Å². The second kappa shape index (κ2) is 8.30. The Morgan fingerprint density at radius 1 is 1.23 bits per heavy atom. The van der Waals surface area contributed by atoms with E-state index in [-0.39, 0.29) is 10.5 Å². The highest BCUT2D eigenvalue weighted by Crippen LogP contribution is 2.19. The number of hydrogen-bond donors (Lipinski definition) is 2. The van der Waals surface area contributed by atoms with Gasteiger partial charge in [0.25, 0.3) is 5.91 Å². The third kappa shape index (κ3) is 5.04. The molecule has 0 aliphatic carbocycles. The number of rotatable bonds is 6. The minimum Gasteiger partial charge on any atom is -0.449 e. The molecular weight excluding hydrogens is 378 g/mol. The van der Waals surface area contributed by atoms with E-state index in [0.717, 1.165) is 0 Å². The predicted octanol–water partition coefficient (Wildman–Crippen LogP) is 1.63. The van der Waals surface area contributed by atoms with Gasteiger partial charge in [-0.25, -0.2) is 23.3 Å². The first kappa shape index (κ1) is 19.9. The normalized spacial score (nSPS) is 12.3. The number of primary sulfonamides is 1. The van der Waals surface area contributed by atoms with Crippen LogP contribution >= 0.6 is 11.8 Å². The lowest BCUT2D eigenvalue weighted by Crippen LogP contribution is -2.30. The lowest BCUT2D eigenvalue weighted by atomic mass is 10.2. The average Bonchev–Trinajstić information content (AvgIpc) is 2.61. The van der Waals surface area contributed by atoms with Gasteiger partial charge < -0.3 is 10.1 Å². The summed E-state index contributed by atoms with van der Waals surface area (Å²) in [5, 5.41) is 8.05. The van der Waals surface area contributed by atoms with Gasteiger partial charge in [0.1, 0.15) is 5.03 Å². The van der Waals surface area contributed by atoms with E-state index in [4.69, 9.17) is 9.88 Å². The van der Waals surface area contributed by atoms with Gasteiger partial charge in [-0.1, -0.05) is 0 Å². The van der Waals surface area contributed by atoms with Crippen molar-refractivity contribution in [3.63, 3.8) is 0 Å². The fourth-order valence-corrected chi connectivity index (χ4v) is 3.01. The van der Waals surface area contributed by atoms with E-state index in [2.05, 4.69) is 10.3 Å². The molecule has 0 unspecified atom stereocenters. The summed E-state index contributed by atoms with van der Waals surface area (Å²) in [6.07, 6.45) is 2.28. The minimum absolute atomic E-state index is 0.0730. The van der Waals surface area contributed by atoms with Crippen LogP contribution in [0.4, 0.5) is 5.69 Å². The molecule has 8 nitrogen and oxygen atoms in total. The number of thioether (sulfide) groups is 1. The van der Waals surface area contributed by atoms with E-state index in [1.54, 1.807) is 24.6 Å². The first-order valence-corrected chi connectivity index (χ1v) is 10.1. The van der Waals surface area contributed by atoms with Gasteiger partial charge >= 0.3 is 5.97 Å². The van der Waals surface area contributed by atoms with Crippen LogP contribution in [0.1, 0.15) is 17.3 Å². The zero-order valence-electron chi connectivity index (χ0n) is 14.0. The van der Waals surface area contributed by atoms with E-state index in [1.165, 1.54) is 43.0 Å². The summed E-state index contributed by atoms with van der Waals surface area (Å²) in [6, 6.07) is 8.48. The Bertz CT molecular complexity index is 914. The van der Waals surface area contributed by atoms with Crippen molar-refractivity contribution in [2.45, 2.75) is 22.9 Å². The van der Waals surface area contributed by atoms with Gasteiger partial charge in [0.05, 0.1) is 10.5 Å². The summed E-state index contributed by atoms with van der Waals surface area (Å²) in [6.45, 7) is 1.43. The number of nitrogens with zero attached hydrogens (tertiary/aromatic N) is 1. The lowest BCUT2D eigenvalue weighted by molar-refractivity contribution is -0.123. The van der Waals surface area contributed by atoms with Crippen molar-refractivity contribution in [3.05, 3.63) is 48.2 Å². The molecule has 0 radical (unpaired) electrons. The Morgan fingerprint density at radius 2 is 1.88 bits per heavy atom. The molecule has 0 spiro atoms. The third-order valence-electron chi connectivity index (χ3n) is 3.29. The maximum absolute atomic E-state index is 12.2. The van der Waals surface area contributed by atoms with Gasteiger partial charge in [-0.3, -0.25) is 4.79 Å². The Hall–Kier alpha value is -2.43. The highest BCUT2D eigenvalue weighted by Gasteiger charge is 2.21. The fraction of sp³-hybridized carbons (Fsp3) is 0.188. The number of pyridine rings is 1. The number of benzene rings is 1. The number of sulfonamides is 1. The van der Waals surface area contributed by atoms with E-state index in [9.17, 15) is 18.0 Å². The van der Waals surface area contributed by atoms with Crippen LogP contribution in [0.15, 0.2) is 52.5 Å². The first-order chi connectivity index (χ1) is 12.2.